The first-order valence-electron chi connectivity index (χ1n) is 10.3. The second-order valence-corrected chi connectivity index (χ2v) is 8.98. The second kappa shape index (κ2) is 9.92. The van der Waals surface area contributed by atoms with Crippen LogP contribution in [0.3, 0.4) is 0 Å². The van der Waals surface area contributed by atoms with Gasteiger partial charge in [0.15, 0.2) is 0 Å². The lowest BCUT2D eigenvalue weighted by atomic mass is 10.2. The maximum absolute atomic E-state index is 10.8. The molecule has 11 heteroatoms. The van der Waals surface area contributed by atoms with E-state index in [-0.39, 0.29) is 5.69 Å². The van der Waals surface area contributed by atoms with Crippen LogP contribution in [0.5, 0.6) is 0 Å². The van der Waals surface area contributed by atoms with Crippen LogP contribution in [0.4, 0.5) is 32.9 Å². The largest absolute Gasteiger partial charge is 0.372 e. The Morgan fingerprint density at radius 2 is 1.52 bits per heavy atom. The molecule has 0 aliphatic heterocycles. The summed E-state index contributed by atoms with van der Waals surface area (Å²) in [6, 6.07) is 14.0. The average Bonchev–Trinajstić information content (AvgIpc) is 3.36. The monoisotopic (exact) mass is 479 g/mol. The number of aryl methyl sites for hydroxylation is 1. The van der Waals surface area contributed by atoms with Crippen molar-refractivity contribution in [2.24, 2.45) is 20.5 Å². The van der Waals surface area contributed by atoms with Crippen molar-refractivity contribution in [3.05, 3.63) is 64.2 Å². The Kier molecular flexibility index (Phi) is 6.80. The molecule has 0 amide bonds. The third-order valence-electron chi connectivity index (χ3n) is 4.99. The first kappa shape index (κ1) is 22.6. The van der Waals surface area contributed by atoms with Crippen LogP contribution in [0.25, 0.3) is 9.53 Å². The van der Waals surface area contributed by atoms with Gasteiger partial charge in [-0.3, -0.25) is 10.1 Å². The lowest BCUT2D eigenvalue weighted by molar-refractivity contribution is -0.384. The van der Waals surface area contributed by atoms with Crippen molar-refractivity contribution in [1.29, 1.82) is 0 Å². The number of aromatic nitrogens is 1. The number of rotatable bonds is 8. The fourth-order valence-corrected chi connectivity index (χ4v) is 5.22. The number of thiophene rings is 1. The number of benzene rings is 2. The molecular formula is C22H21N7O2S2. The van der Waals surface area contributed by atoms with Crippen LogP contribution in [0.1, 0.15) is 19.4 Å². The Bertz CT molecular complexity index is 1320. The minimum atomic E-state index is -0.444. The summed E-state index contributed by atoms with van der Waals surface area (Å²) in [6.45, 7) is 8.16. The second-order valence-electron chi connectivity index (χ2n) is 7.03. The molecule has 0 atom stereocenters. The Balaban J connectivity index is 1.48. The molecule has 0 saturated heterocycles. The Hall–Kier alpha value is -3.57. The number of nitro benzene ring substituents is 1. The molecule has 2 aromatic carbocycles. The van der Waals surface area contributed by atoms with Crippen LogP contribution in [0.15, 0.2) is 69.0 Å². The number of thiazole rings is 1. The van der Waals surface area contributed by atoms with Gasteiger partial charge >= 0.3 is 0 Å². The minimum Gasteiger partial charge on any atom is -0.372 e. The van der Waals surface area contributed by atoms with Crippen LogP contribution < -0.4 is 4.90 Å². The molecule has 0 bridgehead atoms. The summed E-state index contributed by atoms with van der Waals surface area (Å²) in [5, 5.41) is 29.2. The van der Waals surface area contributed by atoms with Gasteiger partial charge in [-0.1, -0.05) is 22.7 Å². The normalized spacial score (nSPS) is 11.7. The summed E-state index contributed by atoms with van der Waals surface area (Å²) < 4.78 is 1.00. The fourth-order valence-electron chi connectivity index (χ4n) is 3.17. The van der Waals surface area contributed by atoms with Crippen LogP contribution in [-0.4, -0.2) is 23.0 Å². The molecule has 0 radical (unpaired) electrons. The summed E-state index contributed by atoms with van der Waals surface area (Å²) in [5.41, 5.74) is 3.49. The van der Waals surface area contributed by atoms with E-state index >= 15 is 0 Å². The summed E-state index contributed by atoms with van der Waals surface area (Å²) in [6.07, 6.45) is 0. The third kappa shape index (κ3) is 5.10. The highest BCUT2D eigenvalue weighted by Gasteiger charge is 2.14. The molecule has 0 fully saturated rings. The number of hydrogen-bond acceptors (Lipinski definition) is 10. The topological polar surface area (TPSA) is 109 Å². The van der Waals surface area contributed by atoms with Crippen LogP contribution >= 0.6 is 22.7 Å². The van der Waals surface area contributed by atoms with E-state index in [4.69, 9.17) is 0 Å². The maximum atomic E-state index is 10.8. The standard InChI is InChI=1S/C22H21N7O2S2/c1-4-28(5-2)17-10-6-16(7-11-17)25-27-22-23-21-19(32-22)14(3)20(33-21)26-24-15-8-12-18(13-9-15)29(30)31/h6-13H,4-5H2,1-3H3. The van der Waals surface area contributed by atoms with Gasteiger partial charge in [0.2, 0.25) is 5.13 Å². The lowest BCUT2D eigenvalue weighted by Crippen LogP contribution is -2.21. The zero-order valence-electron chi connectivity index (χ0n) is 18.3. The molecule has 2 aromatic heterocycles. The van der Waals surface area contributed by atoms with E-state index in [9.17, 15) is 10.1 Å². The summed E-state index contributed by atoms with van der Waals surface area (Å²) in [7, 11) is 0. The predicted molar refractivity (Wildman–Crippen MR) is 134 cm³/mol. The average molecular weight is 480 g/mol. The van der Waals surface area contributed by atoms with E-state index in [1.165, 1.54) is 40.5 Å². The van der Waals surface area contributed by atoms with E-state index in [0.29, 0.717) is 10.8 Å². The first-order chi connectivity index (χ1) is 16.0. The molecule has 0 unspecified atom stereocenters. The molecule has 0 saturated carbocycles. The van der Waals surface area contributed by atoms with Crippen molar-refractivity contribution in [2.45, 2.75) is 20.8 Å². The molecule has 4 rings (SSSR count). The number of non-ortho nitro benzene ring substituents is 1. The SMILES string of the molecule is CCN(CC)c1ccc(N=Nc2nc3sc(N=Nc4ccc([N+](=O)[O-])cc4)c(C)c3s2)cc1. The summed E-state index contributed by atoms with van der Waals surface area (Å²) in [4.78, 5) is 18.0. The van der Waals surface area contributed by atoms with E-state index in [2.05, 4.69) is 44.2 Å². The third-order valence-corrected chi connectivity index (χ3v) is 7.24. The van der Waals surface area contributed by atoms with Gasteiger partial charge in [0, 0.05) is 36.5 Å². The molecule has 0 aliphatic carbocycles. The number of azo groups is 2. The van der Waals surface area contributed by atoms with E-state index in [1.54, 1.807) is 12.1 Å². The molecule has 0 N–H and O–H groups in total. The van der Waals surface area contributed by atoms with Crippen LogP contribution in [0, 0.1) is 17.0 Å². The Labute approximate surface area is 198 Å². The van der Waals surface area contributed by atoms with Gasteiger partial charge in [0.05, 0.1) is 21.0 Å². The molecule has 0 spiro atoms. The highest BCUT2D eigenvalue weighted by molar-refractivity contribution is 7.30. The number of nitro groups is 1. The van der Waals surface area contributed by atoms with Gasteiger partial charge in [-0.2, -0.15) is 0 Å². The lowest BCUT2D eigenvalue weighted by Gasteiger charge is -2.20. The molecule has 2 heterocycles. The zero-order chi connectivity index (χ0) is 23.4. The fraction of sp³-hybridized carbons (Fsp3) is 0.227. The zero-order valence-corrected chi connectivity index (χ0v) is 19.9. The van der Waals surface area contributed by atoms with Gasteiger partial charge in [0.25, 0.3) is 5.69 Å². The van der Waals surface area contributed by atoms with Crippen LogP contribution in [0.2, 0.25) is 0 Å². The van der Waals surface area contributed by atoms with Crippen molar-refractivity contribution in [1.82, 2.24) is 4.98 Å². The Morgan fingerprint density at radius 3 is 2.09 bits per heavy atom. The van der Waals surface area contributed by atoms with Crippen molar-refractivity contribution in [2.75, 3.05) is 18.0 Å². The highest BCUT2D eigenvalue weighted by Crippen LogP contribution is 2.43. The van der Waals surface area contributed by atoms with Gasteiger partial charge in [-0.05, 0) is 57.2 Å². The number of anilines is 1. The first-order valence-corrected chi connectivity index (χ1v) is 11.9. The van der Waals surface area contributed by atoms with Crippen LogP contribution in [-0.2, 0) is 0 Å². The molecule has 33 heavy (non-hydrogen) atoms. The van der Waals surface area contributed by atoms with E-state index < -0.39 is 4.92 Å². The molecule has 0 aliphatic rings. The highest BCUT2D eigenvalue weighted by atomic mass is 32.1. The predicted octanol–water partition coefficient (Wildman–Crippen LogP) is 8.25. The molecule has 168 valence electrons. The van der Waals surface area contributed by atoms with Gasteiger partial charge < -0.3 is 4.90 Å². The van der Waals surface area contributed by atoms with Crippen molar-refractivity contribution in [3.63, 3.8) is 0 Å². The van der Waals surface area contributed by atoms with E-state index in [1.807, 2.05) is 31.2 Å². The number of nitrogens with zero attached hydrogens (tertiary/aromatic N) is 7. The molecule has 4 aromatic rings. The van der Waals surface area contributed by atoms with Crippen molar-refractivity contribution in [3.8, 4) is 0 Å². The minimum absolute atomic E-state index is 0.0208. The molecular weight excluding hydrogens is 458 g/mol. The summed E-state index contributed by atoms with van der Waals surface area (Å²) >= 11 is 2.89. The Morgan fingerprint density at radius 1 is 0.909 bits per heavy atom. The summed E-state index contributed by atoms with van der Waals surface area (Å²) in [5.74, 6) is 0. The van der Waals surface area contributed by atoms with Crippen molar-refractivity contribution < 1.29 is 4.92 Å². The number of hydrogen-bond donors (Lipinski definition) is 0. The maximum Gasteiger partial charge on any atom is 0.269 e. The van der Waals surface area contributed by atoms with Gasteiger partial charge in [-0.25, -0.2) is 4.98 Å². The molecule has 9 nitrogen and oxygen atoms in total. The van der Waals surface area contributed by atoms with Crippen molar-refractivity contribution >= 4 is 65.1 Å². The van der Waals surface area contributed by atoms with Gasteiger partial charge in [0.1, 0.15) is 9.83 Å². The quantitative estimate of drug-likeness (QED) is 0.144. The smallest absolute Gasteiger partial charge is 0.269 e. The van der Waals surface area contributed by atoms with Gasteiger partial charge in [-0.15, -0.1) is 20.5 Å². The number of fused-ring (bicyclic) bond motifs is 1. The van der Waals surface area contributed by atoms with E-state index in [0.717, 1.165) is 38.9 Å².